The summed E-state index contributed by atoms with van der Waals surface area (Å²) in [5.41, 5.74) is -0.333. The molecular weight excluding hydrogens is 336 g/mol. The number of carbonyl (C=O) groups excluding carboxylic acids is 3. The van der Waals surface area contributed by atoms with Crippen LogP contribution in [-0.2, 0) is 16.0 Å². The molecule has 3 rings (SSSR count). The Morgan fingerprint density at radius 3 is 2.44 bits per heavy atom. The molecule has 1 aromatic carbocycles. The van der Waals surface area contributed by atoms with E-state index in [2.05, 4.69) is 0 Å². The summed E-state index contributed by atoms with van der Waals surface area (Å²) in [5, 5.41) is 3.61. The molecular formula is C20H20O4S. The van der Waals surface area contributed by atoms with Crippen molar-refractivity contribution in [2.24, 2.45) is 5.41 Å². The molecule has 2 aromatic rings. The Kier molecular flexibility index (Phi) is 4.37. The van der Waals surface area contributed by atoms with Crippen LogP contribution in [0.3, 0.4) is 0 Å². The molecule has 0 saturated heterocycles. The van der Waals surface area contributed by atoms with Crippen LogP contribution in [0.25, 0.3) is 0 Å². The number of fused-ring (bicyclic) bond motifs is 1. The van der Waals surface area contributed by atoms with Crippen LogP contribution in [0.4, 0.5) is 0 Å². The summed E-state index contributed by atoms with van der Waals surface area (Å²) in [6.45, 7) is 5.27. The van der Waals surface area contributed by atoms with Gasteiger partial charge in [0.05, 0.1) is 0 Å². The van der Waals surface area contributed by atoms with Gasteiger partial charge in [-0.3, -0.25) is 14.4 Å². The molecule has 1 heterocycles. The first-order chi connectivity index (χ1) is 11.7. The number of rotatable bonds is 4. The van der Waals surface area contributed by atoms with Crippen LogP contribution in [0.5, 0.6) is 0 Å². The van der Waals surface area contributed by atoms with Crippen molar-refractivity contribution in [3.05, 3.63) is 57.8 Å². The molecule has 5 heteroatoms. The lowest BCUT2D eigenvalue weighted by Gasteiger charge is -2.29. The molecule has 1 atom stereocenters. The molecule has 1 aliphatic rings. The van der Waals surface area contributed by atoms with E-state index >= 15 is 0 Å². The molecule has 1 aromatic heterocycles. The molecule has 25 heavy (non-hydrogen) atoms. The normalized spacial score (nSPS) is 19.6. The predicted molar refractivity (Wildman–Crippen MR) is 96.0 cm³/mol. The van der Waals surface area contributed by atoms with Crippen molar-refractivity contribution >= 4 is 28.9 Å². The monoisotopic (exact) mass is 356 g/mol. The van der Waals surface area contributed by atoms with Gasteiger partial charge in [0, 0.05) is 22.9 Å². The van der Waals surface area contributed by atoms with Gasteiger partial charge >= 0.3 is 5.97 Å². The van der Waals surface area contributed by atoms with Gasteiger partial charge in [-0.1, -0.05) is 30.3 Å². The van der Waals surface area contributed by atoms with Gasteiger partial charge in [0.1, 0.15) is 11.0 Å². The Hall–Kier alpha value is -2.27. The second-order valence-corrected chi connectivity index (χ2v) is 8.11. The average molecular weight is 356 g/mol. The average Bonchev–Trinajstić information content (AvgIpc) is 3.09. The lowest BCUT2D eigenvalue weighted by atomic mass is 9.77. The van der Waals surface area contributed by atoms with E-state index in [0.29, 0.717) is 11.1 Å². The molecule has 130 valence electrons. The van der Waals surface area contributed by atoms with Crippen LogP contribution in [-0.4, -0.2) is 23.1 Å². The van der Waals surface area contributed by atoms with E-state index in [1.165, 1.54) is 11.3 Å². The largest absolute Gasteiger partial charge is 0.459 e. The van der Waals surface area contributed by atoms with Crippen LogP contribution >= 0.6 is 11.3 Å². The van der Waals surface area contributed by atoms with E-state index in [0.717, 1.165) is 5.56 Å². The van der Waals surface area contributed by atoms with Crippen molar-refractivity contribution in [2.75, 3.05) is 0 Å². The highest BCUT2D eigenvalue weighted by molar-refractivity contribution is 7.08. The van der Waals surface area contributed by atoms with Crippen molar-refractivity contribution in [1.82, 2.24) is 0 Å². The minimum Gasteiger partial charge on any atom is -0.459 e. The molecule has 0 bridgehead atoms. The summed E-state index contributed by atoms with van der Waals surface area (Å²) in [5.74, 6) is -1.15. The van der Waals surface area contributed by atoms with Crippen LogP contribution in [0.1, 0.15) is 53.5 Å². The summed E-state index contributed by atoms with van der Waals surface area (Å²) in [7, 11) is 0. The van der Waals surface area contributed by atoms with Gasteiger partial charge < -0.3 is 4.74 Å². The molecule has 0 amide bonds. The first-order valence-corrected chi connectivity index (χ1v) is 9.09. The van der Waals surface area contributed by atoms with Crippen molar-refractivity contribution in [3.63, 3.8) is 0 Å². The zero-order valence-corrected chi connectivity index (χ0v) is 15.3. The highest BCUT2D eigenvalue weighted by Crippen LogP contribution is 2.43. The fraction of sp³-hybridized carbons (Fsp3) is 0.350. The van der Waals surface area contributed by atoms with Crippen molar-refractivity contribution < 1.29 is 19.1 Å². The Bertz CT molecular complexity index is 829. The zero-order chi connectivity index (χ0) is 18.2. The van der Waals surface area contributed by atoms with Crippen molar-refractivity contribution in [2.45, 2.75) is 39.2 Å². The van der Waals surface area contributed by atoms with Gasteiger partial charge in [0.15, 0.2) is 11.6 Å². The topological polar surface area (TPSA) is 60.4 Å². The molecule has 0 saturated carbocycles. The van der Waals surface area contributed by atoms with Crippen LogP contribution < -0.4 is 0 Å². The number of benzene rings is 1. The smallest absolute Gasteiger partial charge is 0.321 e. The molecule has 1 aliphatic carbocycles. The molecule has 4 nitrogen and oxygen atoms in total. The van der Waals surface area contributed by atoms with E-state index in [-0.39, 0.29) is 24.4 Å². The Balaban J connectivity index is 1.96. The number of esters is 1. The number of carbonyl (C=O) groups is 3. The second kappa shape index (κ2) is 6.23. The summed E-state index contributed by atoms with van der Waals surface area (Å²) < 4.78 is 5.52. The lowest BCUT2D eigenvalue weighted by molar-refractivity contribution is -0.164. The SMILES string of the molecule is CC(C)(C)OC(=O)C1(CC(=O)c2ccccc2)Cc2cscc2C1=O. The third-order valence-electron chi connectivity index (χ3n) is 4.26. The maximum atomic E-state index is 13.0. The Morgan fingerprint density at radius 1 is 1.16 bits per heavy atom. The number of thiophene rings is 1. The maximum Gasteiger partial charge on any atom is 0.321 e. The fourth-order valence-corrected chi connectivity index (χ4v) is 3.92. The predicted octanol–water partition coefficient (Wildman–Crippen LogP) is 4.09. The molecule has 0 spiro atoms. The number of Topliss-reactive ketones (excluding diaryl/α,β-unsaturated/α-hetero) is 2. The van der Waals surface area contributed by atoms with Crippen LogP contribution in [0.15, 0.2) is 41.1 Å². The summed E-state index contributed by atoms with van der Waals surface area (Å²) >= 11 is 1.43. The third kappa shape index (κ3) is 3.29. The minimum absolute atomic E-state index is 0.176. The maximum absolute atomic E-state index is 13.0. The van der Waals surface area contributed by atoms with Gasteiger partial charge in [-0.25, -0.2) is 0 Å². The first-order valence-electron chi connectivity index (χ1n) is 8.14. The first kappa shape index (κ1) is 17.5. The fourth-order valence-electron chi connectivity index (χ4n) is 3.08. The standard InChI is InChI=1S/C20H20O4S/c1-19(2,3)24-18(23)20(9-14-11-25-12-15(14)17(20)22)10-16(21)13-7-5-4-6-8-13/h4-8,11-12H,9-10H2,1-3H3. The highest BCUT2D eigenvalue weighted by atomic mass is 32.1. The van der Waals surface area contributed by atoms with Crippen molar-refractivity contribution in [1.29, 1.82) is 0 Å². The van der Waals surface area contributed by atoms with Gasteiger partial charge in [-0.2, -0.15) is 11.3 Å². The number of ketones is 2. The zero-order valence-electron chi connectivity index (χ0n) is 14.5. The second-order valence-electron chi connectivity index (χ2n) is 7.37. The quantitative estimate of drug-likeness (QED) is 0.470. The molecule has 0 radical (unpaired) electrons. The molecule has 1 unspecified atom stereocenters. The van der Waals surface area contributed by atoms with Crippen LogP contribution in [0, 0.1) is 5.41 Å². The van der Waals surface area contributed by atoms with E-state index in [1.807, 2.05) is 11.4 Å². The number of ether oxygens (including phenoxy) is 1. The molecule has 0 aliphatic heterocycles. The summed E-state index contributed by atoms with van der Waals surface area (Å²) in [6.07, 6.45) is 0.0439. The van der Waals surface area contributed by atoms with E-state index in [4.69, 9.17) is 4.74 Å². The lowest BCUT2D eigenvalue weighted by Crippen LogP contribution is -2.43. The van der Waals surface area contributed by atoms with Gasteiger partial charge in [0.2, 0.25) is 0 Å². The van der Waals surface area contributed by atoms with E-state index in [1.54, 1.807) is 50.4 Å². The third-order valence-corrected chi connectivity index (χ3v) is 5.05. The Morgan fingerprint density at radius 2 is 1.84 bits per heavy atom. The van der Waals surface area contributed by atoms with Crippen LogP contribution in [0.2, 0.25) is 0 Å². The highest BCUT2D eigenvalue weighted by Gasteiger charge is 2.55. The molecule has 0 N–H and O–H groups in total. The summed E-state index contributed by atoms with van der Waals surface area (Å²) in [4.78, 5) is 38.7. The summed E-state index contributed by atoms with van der Waals surface area (Å²) in [6, 6.07) is 8.73. The number of hydrogen-bond donors (Lipinski definition) is 0. The van der Waals surface area contributed by atoms with Crippen molar-refractivity contribution in [3.8, 4) is 0 Å². The van der Waals surface area contributed by atoms with E-state index < -0.39 is 17.0 Å². The minimum atomic E-state index is -1.46. The van der Waals surface area contributed by atoms with E-state index in [9.17, 15) is 14.4 Å². The van der Waals surface area contributed by atoms with Gasteiger partial charge in [-0.15, -0.1) is 0 Å². The number of hydrogen-bond acceptors (Lipinski definition) is 5. The van der Waals surface area contributed by atoms with Gasteiger partial charge in [-0.05, 0) is 38.1 Å². The Labute approximate surface area is 150 Å². The molecule has 0 fully saturated rings. The van der Waals surface area contributed by atoms with Gasteiger partial charge in [0.25, 0.3) is 0 Å².